The highest BCUT2D eigenvalue weighted by Crippen LogP contribution is 2.14. The van der Waals surface area contributed by atoms with Crippen LogP contribution in [0, 0.1) is 3.57 Å². The normalized spacial score (nSPS) is 11.0. The van der Waals surface area contributed by atoms with Crippen molar-refractivity contribution in [1.29, 1.82) is 0 Å². The van der Waals surface area contributed by atoms with Crippen molar-refractivity contribution >= 4 is 22.6 Å². The topological polar surface area (TPSA) is 17.8 Å². The van der Waals surface area contributed by atoms with Gasteiger partial charge in [-0.3, -0.25) is 0 Å². The Kier molecular flexibility index (Phi) is 3.63. The molecule has 0 amide bonds. The number of rotatable bonds is 3. The van der Waals surface area contributed by atoms with Gasteiger partial charge < -0.3 is 4.57 Å². The highest BCUT2D eigenvalue weighted by atomic mass is 127. The minimum atomic E-state index is 0.471. The number of aromatic nitrogens is 2. The standard InChI is InChI=1S/C13H15IN2/c1-10(2)13-15-7-8-16(13)9-11-3-5-12(14)6-4-11/h3-8,10H,9H2,1-2H3. The van der Waals surface area contributed by atoms with Crippen molar-refractivity contribution in [1.82, 2.24) is 9.55 Å². The van der Waals surface area contributed by atoms with E-state index in [0.29, 0.717) is 5.92 Å². The van der Waals surface area contributed by atoms with Gasteiger partial charge in [-0.1, -0.05) is 26.0 Å². The van der Waals surface area contributed by atoms with Gasteiger partial charge >= 0.3 is 0 Å². The molecule has 1 aromatic carbocycles. The van der Waals surface area contributed by atoms with Gasteiger partial charge in [0, 0.05) is 28.4 Å². The number of halogens is 1. The lowest BCUT2D eigenvalue weighted by Gasteiger charge is -2.10. The third-order valence-electron chi connectivity index (χ3n) is 2.53. The van der Waals surface area contributed by atoms with E-state index in [4.69, 9.17) is 0 Å². The molecule has 1 heterocycles. The van der Waals surface area contributed by atoms with Gasteiger partial charge in [0.25, 0.3) is 0 Å². The van der Waals surface area contributed by atoms with Crippen LogP contribution < -0.4 is 0 Å². The fraction of sp³-hybridized carbons (Fsp3) is 0.308. The lowest BCUT2D eigenvalue weighted by molar-refractivity contribution is 0.669. The molecule has 2 nitrogen and oxygen atoms in total. The first-order chi connectivity index (χ1) is 7.66. The fourth-order valence-corrected chi connectivity index (χ4v) is 2.10. The summed E-state index contributed by atoms with van der Waals surface area (Å²) >= 11 is 2.32. The minimum Gasteiger partial charge on any atom is -0.330 e. The van der Waals surface area contributed by atoms with Gasteiger partial charge in [-0.15, -0.1) is 0 Å². The van der Waals surface area contributed by atoms with Gasteiger partial charge in [-0.05, 0) is 40.3 Å². The zero-order valence-electron chi connectivity index (χ0n) is 9.52. The quantitative estimate of drug-likeness (QED) is 0.787. The van der Waals surface area contributed by atoms with Crippen molar-refractivity contribution in [3.63, 3.8) is 0 Å². The maximum absolute atomic E-state index is 4.39. The first-order valence-corrected chi connectivity index (χ1v) is 6.50. The predicted octanol–water partition coefficient (Wildman–Crippen LogP) is 3.66. The van der Waals surface area contributed by atoms with Crippen LogP contribution in [0.25, 0.3) is 0 Å². The van der Waals surface area contributed by atoms with Gasteiger partial charge in [0.15, 0.2) is 0 Å². The van der Waals surface area contributed by atoms with Crippen molar-refractivity contribution in [3.8, 4) is 0 Å². The number of imidazole rings is 1. The third kappa shape index (κ3) is 2.64. The van der Waals surface area contributed by atoms with E-state index in [1.807, 2.05) is 12.4 Å². The molecule has 0 N–H and O–H groups in total. The molecule has 0 unspecified atom stereocenters. The van der Waals surface area contributed by atoms with Crippen LogP contribution in [0.1, 0.15) is 31.2 Å². The maximum Gasteiger partial charge on any atom is 0.111 e. The molecule has 0 aliphatic rings. The minimum absolute atomic E-state index is 0.471. The highest BCUT2D eigenvalue weighted by molar-refractivity contribution is 14.1. The molecule has 84 valence electrons. The van der Waals surface area contributed by atoms with Gasteiger partial charge in [-0.2, -0.15) is 0 Å². The van der Waals surface area contributed by atoms with Crippen LogP contribution in [0.2, 0.25) is 0 Å². The Morgan fingerprint density at radius 1 is 1.25 bits per heavy atom. The van der Waals surface area contributed by atoms with E-state index < -0.39 is 0 Å². The largest absolute Gasteiger partial charge is 0.330 e. The van der Waals surface area contributed by atoms with Gasteiger partial charge in [-0.25, -0.2) is 4.98 Å². The van der Waals surface area contributed by atoms with Crippen LogP contribution in [-0.2, 0) is 6.54 Å². The van der Waals surface area contributed by atoms with Gasteiger partial charge in [0.1, 0.15) is 5.82 Å². The number of hydrogen-bond donors (Lipinski definition) is 0. The Morgan fingerprint density at radius 2 is 1.94 bits per heavy atom. The van der Waals surface area contributed by atoms with E-state index in [1.54, 1.807) is 0 Å². The smallest absolute Gasteiger partial charge is 0.111 e. The van der Waals surface area contributed by atoms with Crippen molar-refractivity contribution in [2.45, 2.75) is 26.3 Å². The van der Waals surface area contributed by atoms with E-state index in [1.165, 1.54) is 9.13 Å². The SMILES string of the molecule is CC(C)c1nccn1Cc1ccc(I)cc1. The summed E-state index contributed by atoms with van der Waals surface area (Å²) in [6.07, 6.45) is 3.93. The first kappa shape index (κ1) is 11.6. The maximum atomic E-state index is 4.39. The van der Waals surface area contributed by atoms with Gasteiger partial charge in [0.05, 0.1) is 0 Å². The van der Waals surface area contributed by atoms with Crippen LogP contribution >= 0.6 is 22.6 Å². The molecular formula is C13H15IN2. The van der Waals surface area contributed by atoms with Crippen molar-refractivity contribution < 1.29 is 0 Å². The molecule has 0 fully saturated rings. The van der Waals surface area contributed by atoms with E-state index in [9.17, 15) is 0 Å². The fourth-order valence-electron chi connectivity index (χ4n) is 1.74. The second kappa shape index (κ2) is 4.99. The molecule has 2 rings (SSSR count). The average Bonchev–Trinajstić information content (AvgIpc) is 2.69. The summed E-state index contributed by atoms with van der Waals surface area (Å²) < 4.78 is 3.49. The Bertz CT molecular complexity index is 457. The van der Waals surface area contributed by atoms with Crippen LogP contribution in [0.3, 0.4) is 0 Å². The molecular weight excluding hydrogens is 311 g/mol. The van der Waals surface area contributed by atoms with Crippen molar-refractivity contribution in [3.05, 3.63) is 51.6 Å². The molecule has 2 aromatic rings. The summed E-state index contributed by atoms with van der Waals surface area (Å²) in [4.78, 5) is 4.39. The monoisotopic (exact) mass is 326 g/mol. The Balaban J connectivity index is 2.20. The average molecular weight is 326 g/mol. The number of hydrogen-bond acceptors (Lipinski definition) is 1. The summed E-state index contributed by atoms with van der Waals surface area (Å²) in [5.41, 5.74) is 1.32. The van der Waals surface area contributed by atoms with Crippen LogP contribution in [-0.4, -0.2) is 9.55 Å². The predicted molar refractivity (Wildman–Crippen MR) is 74.6 cm³/mol. The molecule has 0 atom stereocenters. The highest BCUT2D eigenvalue weighted by Gasteiger charge is 2.06. The molecule has 0 saturated carbocycles. The van der Waals surface area contributed by atoms with Crippen LogP contribution in [0.5, 0.6) is 0 Å². The van der Waals surface area contributed by atoms with E-state index in [0.717, 1.165) is 12.4 Å². The molecule has 0 aliphatic carbocycles. The summed E-state index contributed by atoms with van der Waals surface area (Å²) in [6.45, 7) is 5.25. The molecule has 16 heavy (non-hydrogen) atoms. The Labute approximate surface area is 110 Å². The lowest BCUT2D eigenvalue weighted by Crippen LogP contribution is -2.05. The van der Waals surface area contributed by atoms with E-state index in [-0.39, 0.29) is 0 Å². The zero-order chi connectivity index (χ0) is 11.5. The van der Waals surface area contributed by atoms with E-state index in [2.05, 4.69) is 70.3 Å². The molecule has 0 saturated heterocycles. The molecule has 0 radical (unpaired) electrons. The summed E-state index contributed by atoms with van der Waals surface area (Å²) in [5, 5.41) is 0. The third-order valence-corrected chi connectivity index (χ3v) is 3.25. The van der Waals surface area contributed by atoms with Crippen LogP contribution in [0.4, 0.5) is 0 Å². The summed E-state index contributed by atoms with van der Waals surface area (Å²) in [5.74, 6) is 1.62. The van der Waals surface area contributed by atoms with Crippen molar-refractivity contribution in [2.75, 3.05) is 0 Å². The summed E-state index contributed by atoms with van der Waals surface area (Å²) in [7, 11) is 0. The second-order valence-corrected chi connectivity index (χ2v) is 5.44. The Hall–Kier alpha value is -0.840. The first-order valence-electron chi connectivity index (χ1n) is 5.42. The molecule has 0 aliphatic heterocycles. The summed E-state index contributed by atoms with van der Waals surface area (Å²) in [6, 6.07) is 8.63. The second-order valence-electron chi connectivity index (χ2n) is 4.19. The molecule has 0 bridgehead atoms. The molecule has 1 aromatic heterocycles. The zero-order valence-corrected chi connectivity index (χ0v) is 11.7. The molecule has 3 heteroatoms. The number of benzene rings is 1. The van der Waals surface area contributed by atoms with E-state index >= 15 is 0 Å². The lowest BCUT2D eigenvalue weighted by atomic mass is 10.2. The number of nitrogens with zero attached hydrogens (tertiary/aromatic N) is 2. The Morgan fingerprint density at radius 3 is 2.56 bits per heavy atom. The molecule has 0 spiro atoms. The van der Waals surface area contributed by atoms with Gasteiger partial charge in [0.2, 0.25) is 0 Å². The van der Waals surface area contributed by atoms with Crippen LogP contribution in [0.15, 0.2) is 36.7 Å². The van der Waals surface area contributed by atoms with Crippen molar-refractivity contribution in [2.24, 2.45) is 0 Å².